The van der Waals surface area contributed by atoms with Crippen molar-refractivity contribution >= 4 is 0 Å². The minimum Gasteiger partial charge on any atom is -0.489 e. The molecular formula is C28H33NO3. The molecule has 1 unspecified atom stereocenters. The van der Waals surface area contributed by atoms with Crippen LogP contribution in [-0.4, -0.2) is 13.8 Å². The van der Waals surface area contributed by atoms with Crippen molar-refractivity contribution in [3.63, 3.8) is 0 Å². The smallest absolute Gasteiger partial charge is 0.231 e. The summed E-state index contributed by atoms with van der Waals surface area (Å²) in [5.41, 5.74) is 10.9. The first-order chi connectivity index (χ1) is 15.8. The molecule has 4 nitrogen and oxygen atoms in total. The van der Waals surface area contributed by atoms with Crippen LogP contribution in [0.4, 0.5) is 0 Å². The normalized spacial score (nSPS) is 16.0. The van der Waals surface area contributed by atoms with Gasteiger partial charge in [0.1, 0.15) is 12.4 Å². The van der Waals surface area contributed by atoms with E-state index < -0.39 is 0 Å². The molecule has 1 heterocycles. The van der Waals surface area contributed by atoms with E-state index in [-0.39, 0.29) is 0 Å². The first-order valence-electron chi connectivity index (χ1n) is 11.6. The van der Waals surface area contributed by atoms with E-state index in [0.717, 1.165) is 34.3 Å². The predicted molar refractivity (Wildman–Crippen MR) is 129 cm³/mol. The molecule has 0 bridgehead atoms. The second kappa shape index (κ2) is 10.6. The van der Waals surface area contributed by atoms with Crippen molar-refractivity contribution in [3.05, 3.63) is 77.4 Å². The lowest BCUT2D eigenvalue weighted by Crippen LogP contribution is -2.14. The molecule has 5 rings (SSSR count). The average molecular weight is 432 g/mol. The lowest BCUT2D eigenvalue weighted by molar-refractivity contribution is 0.174. The number of hydrogen-bond acceptors (Lipinski definition) is 4. The van der Waals surface area contributed by atoms with Crippen LogP contribution in [0.25, 0.3) is 11.1 Å². The van der Waals surface area contributed by atoms with Crippen LogP contribution in [0.1, 0.15) is 42.9 Å². The summed E-state index contributed by atoms with van der Waals surface area (Å²) in [4.78, 5) is 0. The van der Waals surface area contributed by atoms with E-state index in [4.69, 9.17) is 14.2 Å². The molecule has 0 saturated carbocycles. The molecule has 2 N–H and O–H groups in total. The molecule has 2 aliphatic rings. The third-order valence-corrected chi connectivity index (χ3v) is 6.27. The zero-order valence-electron chi connectivity index (χ0n) is 19.1. The zero-order chi connectivity index (χ0) is 22.3. The molecular weight excluding hydrogens is 398 g/mol. The van der Waals surface area contributed by atoms with Crippen molar-refractivity contribution in [1.82, 2.24) is 0 Å². The van der Waals surface area contributed by atoms with E-state index in [0.29, 0.717) is 13.4 Å². The van der Waals surface area contributed by atoms with Gasteiger partial charge in [0.15, 0.2) is 11.5 Å². The van der Waals surface area contributed by atoms with Crippen molar-refractivity contribution < 1.29 is 14.2 Å². The largest absolute Gasteiger partial charge is 0.489 e. The van der Waals surface area contributed by atoms with Gasteiger partial charge in [-0.1, -0.05) is 56.2 Å². The van der Waals surface area contributed by atoms with Gasteiger partial charge in [-0.3, -0.25) is 0 Å². The Morgan fingerprint density at radius 3 is 2.47 bits per heavy atom. The summed E-state index contributed by atoms with van der Waals surface area (Å²) in [5.74, 6) is 3.46. The average Bonchev–Trinajstić information content (AvgIpc) is 3.32. The van der Waals surface area contributed by atoms with Gasteiger partial charge in [0, 0.05) is 0 Å². The fraction of sp³-hybridized carbons (Fsp3) is 0.357. The number of hydrogen-bond donors (Lipinski definition) is 1. The Bertz CT molecular complexity index is 1030. The molecule has 1 aliphatic heterocycles. The number of benzene rings is 3. The van der Waals surface area contributed by atoms with Crippen LogP contribution in [0, 0.1) is 5.92 Å². The Hall–Kier alpha value is -2.98. The van der Waals surface area contributed by atoms with Crippen molar-refractivity contribution in [1.29, 1.82) is 0 Å². The lowest BCUT2D eigenvalue weighted by atomic mass is 9.82. The first-order valence-corrected chi connectivity index (χ1v) is 11.6. The fourth-order valence-corrected chi connectivity index (χ4v) is 4.59. The maximum absolute atomic E-state index is 6.10. The van der Waals surface area contributed by atoms with Crippen LogP contribution in [0.2, 0.25) is 0 Å². The summed E-state index contributed by atoms with van der Waals surface area (Å²) in [6.45, 7) is 3.17. The molecule has 0 saturated heterocycles. The SMILES string of the molecule is CCCC1CCc2cc(OCc3ccc(-c4ccc5c(c4)OCO5)cc3)ccc2C1.CN. The van der Waals surface area contributed by atoms with Crippen molar-refractivity contribution in [2.45, 2.75) is 45.6 Å². The van der Waals surface area contributed by atoms with E-state index in [1.165, 1.54) is 55.8 Å². The van der Waals surface area contributed by atoms with Gasteiger partial charge in [-0.05, 0) is 84.3 Å². The highest BCUT2D eigenvalue weighted by Crippen LogP contribution is 2.36. The Labute approximate surface area is 191 Å². The standard InChI is InChI=1S/C27H28O3.CH5N/c1-2-3-19-4-9-23-15-25(12-10-22(23)14-19)28-17-20-5-7-21(8-6-20)24-11-13-26-27(16-24)30-18-29-26;1-2/h5-8,10-13,15-16,19H,2-4,9,14,17-18H2,1H3;2H2,1H3. The molecule has 3 aromatic carbocycles. The Kier molecular flexibility index (Phi) is 7.33. The first kappa shape index (κ1) is 22.2. The molecule has 1 atom stereocenters. The van der Waals surface area contributed by atoms with E-state index in [9.17, 15) is 0 Å². The molecule has 0 amide bonds. The number of fused-ring (bicyclic) bond motifs is 2. The number of nitrogens with two attached hydrogens (primary N) is 1. The molecule has 0 radical (unpaired) electrons. The summed E-state index contributed by atoms with van der Waals surface area (Å²) < 4.78 is 17.0. The number of ether oxygens (including phenoxy) is 3. The number of rotatable bonds is 6. The molecule has 1 aliphatic carbocycles. The van der Waals surface area contributed by atoms with E-state index >= 15 is 0 Å². The highest BCUT2D eigenvalue weighted by atomic mass is 16.7. The Balaban J connectivity index is 0.00000119. The summed E-state index contributed by atoms with van der Waals surface area (Å²) >= 11 is 0. The van der Waals surface area contributed by atoms with E-state index in [2.05, 4.69) is 61.2 Å². The van der Waals surface area contributed by atoms with Gasteiger partial charge in [-0.25, -0.2) is 0 Å². The van der Waals surface area contributed by atoms with Gasteiger partial charge >= 0.3 is 0 Å². The number of aryl methyl sites for hydroxylation is 1. The third-order valence-electron chi connectivity index (χ3n) is 6.27. The molecule has 0 spiro atoms. The second-order valence-electron chi connectivity index (χ2n) is 8.38. The lowest BCUT2D eigenvalue weighted by Gasteiger charge is -2.24. The van der Waals surface area contributed by atoms with Crippen LogP contribution in [-0.2, 0) is 19.4 Å². The predicted octanol–water partition coefficient (Wildman–Crippen LogP) is 6.14. The van der Waals surface area contributed by atoms with E-state index in [1.807, 2.05) is 12.1 Å². The van der Waals surface area contributed by atoms with Crippen LogP contribution < -0.4 is 19.9 Å². The van der Waals surface area contributed by atoms with Gasteiger partial charge < -0.3 is 19.9 Å². The third kappa shape index (κ3) is 5.08. The highest BCUT2D eigenvalue weighted by molar-refractivity contribution is 5.67. The topological polar surface area (TPSA) is 53.7 Å². The van der Waals surface area contributed by atoms with Gasteiger partial charge in [0.05, 0.1) is 0 Å². The summed E-state index contributed by atoms with van der Waals surface area (Å²) in [6, 6.07) is 21.3. The minimum atomic E-state index is 0.303. The van der Waals surface area contributed by atoms with Gasteiger partial charge in [0.2, 0.25) is 6.79 Å². The quantitative estimate of drug-likeness (QED) is 0.509. The van der Waals surface area contributed by atoms with Gasteiger partial charge in [-0.15, -0.1) is 0 Å². The van der Waals surface area contributed by atoms with Crippen LogP contribution >= 0.6 is 0 Å². The Morgan fingerprint density at radius 2 is 1.66 bits per heavy atom. The minimum absolute atomic E-state index is 0.303. The zero-order valence-corrected chi connectivity index (χ0v) is 19.1. The Morgan fingerprint density at radius 1 is 0.875 bits per heavy atom. The van der Waals surface area contributed by atoms with Gasteiger partial charge in [0.25, 0.3) is 0 Å². The highest BCUT2D eigenvalue weighted by Gasteiger charge is 2.18. The summed E-state index contributed by atoms with van der Waals surface area (Å²) in [5, 5.41) is 0. The summed E-state index contributed by atoms with van der Waals surface area (Å²) in [6.07, 6.45) is 6.35. The second-order valence-corrected chi connectivity index (χ2v) is 8.38. The van der Waals surface area contributed by atoms with Crippen molar-refractivity contribution in [3.8, 4) is 28.4 Å². The maximum atomic E-state index is 6.10. The molecule has 32 heavy (non-hydrogen) atoms. The van der Waals surface area contributed by atoms with Crippen LogP contribution in [0.15, 0.2) is 60.7 Å². The molecule has 0 aromatic heterocycles. The molecule has 168 valence electrons. The van der Waals surface area contributed by atoms with Gasteiger partial charge in [-0.2, -0.15) is 0 Å². The fourth-order valence-electron chi connectivity index (χ4n) is 4.59. The van der Waals surface area contributed by atoms with Crippen LogP contribution in [0.3, 0.4) is 0 Å². The molecule has 0 fully saturated rings. The van der Waals surface area contributed by atoms with E-state index in [1.54, 1.807) is 0 Å². The van der Waals surface area contributed by atoms with Crippen LogP contribution in [0.5, 0.6) is 17.2 Å². The summed E-state index contributed by atoms with van der Waals surface area (Å²) in [7, 11) is 1.50. The molecule has 3 aromatic rings. The monoisotopic (exact) mass is 431 g/mol. The van der Waals surface area contributed by atoms with Crippen molar-refractivity contribution in [2.24, 2.45) is 11.7 Å². The molecule has 4 heteroatoms. The maximum Gasteiger partial charge on any atom is 0.231 e. The van der Waals surface area contributed by atoms with Crippen molar-refractivity contribution in [2.75, 3.05) is 13.8 Å².